The lowest BCUT2D eigenvalue weighted by molar-refractivity contribution is -0.136. The molecule has 1 unspecified atom stereocenters. The molecule has 1 atom stereocenters. The predicted octanol–water partition coefficient (Wildman–Crippen LogP) is 0.464. The van der Waals surface area contributed by atoms with Crippen LogP contribution in [0.5, 0.6) is 0 Å². The van der Waals surface area contributed by atoms with Gasteiger partial charge in [0, 0.05) is 19.6 Å². The Balaban J connectivity index is 2.17. The van der Waals surface area contributed by atoms with Gasteiger partial charge in [0.2, 0.25) is 5.91 Å². The maximum atomic E-state index is 12.1. The minimum atomic E-state index is -0.334. The number of aryl methyl sites for hydroxylation is 1. The van der Waals surface area contributed by atoms with Gasteiger partial charge in [0.25, 0.3) is 0 Å². The first-order valence-electron chi connectivity index (χ1n) is 6.86. The van der Waals surface area contributed by atoms with Gasteiger partial charge in [-0.15, -0.1) is 0 Å². The largest absolute Gasteiger partial charge is 0.330 e. The molecular formula is C15H22N4O. The fourth-order valence-corrected chi connectivity index (χ4v) is 2.46. The lowest BCUT2D eigenvalue weighted by atomic mass is 10.00. The summed E-state index contributed by atoms with van der Waals surface area (Å²) in [5.74, 6) is 0.0473. The average Bonchev–Trinajstić information content (AvgIpc) is 2.42. The molecule has 1 amide bonds. The molecule has 1 saturated heterocycles. The van der Waals surface area contributed by atoms with Gasteiger partial charge in [-0.3, -0.25) is 9.69 Å². The molecular weight excluding hydrogens is 252 g/mol. The van der Waals surface area contributed by atoms with Gasteiger partial charge < -0.3 is 16.0 Å². The molecule has 0 spiro atoms. The van der Waals surface area contributed by atoms with Crippen molar-refractivity contribution in [3.63, 3.8) is 0 Å². The fourth-order valence-electron chi connectivity index (χ4n) is 2.46. The summed E-state index contributed by atoms with van der Waals surface area (Å²) < 4.78 is 0. The molecule has 1 fully saturated rings. The Morgan fingerprint density at radius 2 is 2.00 bits per heavy atom. The van der Waals surface area contributed by atoms with E-state index >= 15 is 0 Å². The van der Waals surface area contributed by atoms with Gasteiger partial charge in [0.05, 0.1) is 18.3 Å². The molecule has 1 aromatic rings. The van der Waals surface area contributed by atoms with Crippen molar-refractivity contribution in [2.45, 2.75) is 13.0 Å². The lowest BCUT2D eigenvalue weighted by Gasteiger charge is -2.37. The average molecular weight is 274 g/mol. The molecule has 0 bridgehead atoms. The third-order valence-electron chi connectivity index (χ3n) is 3.74. The maximum Gasteiger partial charge on any atom is 0.237 e. The third kappa shape index (κ3) is 3.05. The Hall–Kier alpha value is -1.72. The van der Waals surface area contributed by atoms with Crippen molar-refractivity contribution in [3.8, 4) is 0 Å². The summed E-state index contributed by atoms with van der Waals surface area (Å²) in [4.78, 5) is 15.9. The number of carbonyl (C=O) groups excluding carboxylic acids is 1. The molecule has 20 heavy (non-hydrogen) atoms. The van der Waals surface area contributed by atoms with Crippen molar-refractivity contribution in [1.82, 2.24) is 9.80 Å². The first-order valence-corrected chi connectivity index (χ1v) is 6.86. The minimum Gasteiger partial charge on any atom is -0.330 e. The molecule has 1 aliphatic rings. The van der Waals surface area contributed by atoms with E-state index in [0.717, 1.165) is 17.7 Å². The van der Waals surface area contributed by atoms with Gasteiger partial charge >= 0.3 is 0 Å². The van der Waals surface area contributed by atoms with E-state index in [4.69, 9.17) is 11.1 Å². The van der Waals surface area contributed by atoms with Gasteiger partial charge in [0.1, 0.15) is 0 Å². The van der Waals surface area contributed by atoms with Crippen LogP contribution in [-0.2, 0) is 4.79 Å². The fraction of sp³-hybridized carbons (Fsp3) is 0.467. The summed E-state index contributed by atoms with van der Waals surface area (Å²) in [7, 11) is 1.93. The van der Waals surface area contributed by atoms with E-state index in [0.29, 0.717) is 18.8 Å². The van der Waals surface area contributed by atoms with E-state index < -0.39 is 0 Å². The Labute approximate surface area is 119 Å². The number of hydrogen-bond acceptors (Lipinski definition) is 4. The SMILES string of the molecule is Cc1ccc(C(=N)C(CN)N2CCN(C)CC2=O)cc1. The Morgan fingerprint density at radius 1 is 1.35 bits per heavy atom. The highest BCUT2D eigenvalue weighted by Crippen LogP contribution is 2.13. The van der Waals surface area contributed by atoms with Crippen LogP contribution >= 0.6 is 0 Å². The zero-order valence-corrected chi connectivity index (χ0v) is 12.1. The van der Waals surface area contributed by atoms with Crippen molar-refractivity contribution in [2.24, 2.45) is 5.73 Å². The number of amides is 1. The number of likely N-dealkylation sites (N-methyl/N-ethyl adjacent to an activating group) is 1. The second-order valence-electron chi connectivity index (χ2n) is 5.36. The number of nitrogens with zero attached hydrogens (tertiary/aromatic N) is 2. The molecule has 5 nitrogen and oxygen atoms in total. The monoisotopic (exact) mass is 274 g/mol. The smallest absolute Gasteiger partial charge is 0.237 e. The number of carbonyl (C=O) groups is 1. The van der Waals surface area contributed by atoms with E-state index in [1.807, 2.05) is 43.1 Å². The highest BCUT2D eigenvalue weighted by molar-refractivity contribution is 6.04. The van der Waals surface area contributed by atoms with Crippen LogP contribution < -0.4 is 5.73 Å². The molecule has 0 aliphatic carbocycles. The van der Waals surface area contributed by atoms with Crippen LogP contribution in [0.2, 0.25) is 0 Å². The molecule has 3 N–H and O–H groups in total. The molecule has 1 aromatic carbocycles. The zero-order valence-electron chi connectivity index (χ0n) is 12.1. The van der Waals surface area contributed by atoms with Crippen molar-refractivity contribution in [3.05, 3.63) is 35.4 Å². The number of nitrogens with one attached hydrogen (secondary N) is 1. The van der Waals surface area contributed by atoms with E-state index in [2.05, 4.69) is 0 Å². The summed E-state index contributed by atoms with van der Waals surface area (Å²) in [6.45, 7) is 4.15. The third-order valence-corrected chi connectivity index (χ3v) is 3.74. The number of piperazine rings is 1. The minimum absolute atomic E-state index is 0.0473. The first-order chi connectivity index (χ1) is 9.52. The summed E-state index contributed by atoms with van der Waals surface area (Å²) in [5, 5.41) is 8.35. The number of hydrogen-bond donors (Lipinski definition) is 2. The number of benzene rings is 1. The normalized spacial score (nSPS) is 18.1. The molecule has 0 saturated carbocycles. The summed E-state index contributed by atoms with van der Waals surface area (Å²) in [6.07, 6.45) is 0. The van der Waals surface area contributed by atoms with Crippen LogP contribution in [0, 0.1) is 12.3 Å². The Kier molecular flexibility index (Phi) is 4.52. The maximum absolute atomic E-state index is 12.1. The molecule has 1 aliphatic heterocycles. The van der Waals surface area contributed by atoms with E-state index in [1.54, 1.807) is 4.90 Å². The van der Waals surface area contributed by atoms with Gasteiger partial charge in [-0.1, -0.05) is 29.8 Å². The highest BCUT2D eigenvalue weighted by atomic mass is 16.2. The first kappa shape index (κ1) is 14.7. The molecule has 0 aromatic heterocycles. The molecule has 5 heteroatoms. The number of rotatable bonds is 4. The van der Waals surface area contributed by atoms with Crippen LogP contribution in [0.25, 0.3) is 0 Å². The second kappa shape index (κ2) is 6.15. The quantitative estimate of drug-likeness (QED) is 0.784. The predicted molar refractivity (Wildman–Crippen MR) is 80.1 cm³/mol. The van der Waals surface area contributed by atoms with Gasteiger partial charge in [-0.2, -0.15) is 0 Å². The van der Waals surface area contributed by atoms with Crippen molar-refractivity contribution < 1.29 is 4.79 Å². The van der Waals surface area contributed by atoms with Gasteiger partial charge in [-0.05, 0) is 19.5 Å². The standard InChI is InChI=1S/C15H22N4O/c1-11-3-5-12(6-4-11)15(17)13(9-16)19-8-7-18(2)10-14(19)20/h3-6,13,17H,7-10,16H2,1-2H3. The Morgan fingerprint density at radius 3 is 2.55 bits per heavy atom. The van der Waals surface area contributed by atoms with Crippen LogP contribution in [0.4, 0.5) is 0 Å². The Bertz CT molecular complexity index is 497. The highest BCUT2D eigenvalue weighted by Gasteiger charge is 2.30. The molecule has 1 heterocycles. The van der Waals surface area contributed by atoms with Crippen molar-refractivity contribution in [1.29, 1.82) is 5.41 Å². The number of nitrogens with two attached hydrogens (primary N) is 1. The summed E-state index contributed by atoms with van der Waals surface area (Å²) in [5.41, 5.74) is 8.23. The second-order valence-corrected chi connectivity index (χ2v) is 5.36. The van der Waals surface area contributed by atoms with Crippen molar-refractivity contribution in [2.75, 3.05) is 33.2 Å². The van der Waals surface area contributed by atoms with Crippen LogP contribution in [0.1, 0.15) is 11.1 Å². The lowest BCUT2D eigenvalue weighted by Crippen LogP contribution is -2.57. The van der Waals surface area contributed by atoms with E-state index in [-0.39, 0.29) is 18.5 Å². The van der Waals surface area contributed by atoms with Crippen molar-refractivity contribution >= 4 is 11.6 Å². The summed E-state index contributed by atoms with van der Waals surface area (Å²) >= 11 is 0. The van der Waals surface area contributed by atoms with Crippen LogP contribution in [0.3, 0.4) is 0 Å². The summed E-state index contributed by atoms with van der Waals surface area (Å²) in [6, 6.07) is 7.45. The van der Waals surface area contributed by atoms with E-state index in [1.165, 1.54) is 0 Å². The molecule has 108 valence electrons. The zero-order chi connectivity index (χ0) is 14.7. The van der Waals surface area contributed by atoms with Gasteiger partial charge in [-0.25, -0.2) is 0 Å². The van der Waals surface area contributed by atoms with Crippen LogP contribution in [0.15, 0.2) is 24.3 Å². The van der Waals surface area contributed by atoms with Crippen LogP contribution in [-0.4, -0.2) is 60.7 Å². The molecule has 0 radical (unpaired) electrons. The topological polar surface area (TPSA) is 73.4 Å². The van der Waals surface area contributed by atoms with Gasteiger partial charge in [0.15, 0.2) is 0 Å². The van der Waals surface area contributed by atoms with E-state index in [9.17, 15) is 4.79 Å². The molecule has 2 rings (SSSR count).